The first-order chi connectivity index (χ1) is 13.6. The van der Waals surface area contributed by atoms with Gasteiger partial charge in [-0.1, -0.05) is 12.1 Å². The standard InChI is InChI=1S/C20H22FN5OS/c21-14-9-23-20-24-12-3-1-2-10(6-12)4-5-28-15-8-11-7-13(15)17(16(11)18(22)27)25-19(14)26-20/h1-3,6,9,11,13,15-17H,4-5,7-8H2,(H2,22,27)(H2,23,24,25,26)/t11-,13-,15-,16+,17-/m1/s1. The largest absolute Gasteiger partial charge is 0.369 e. The van der Waals surface area contributed by atoms with Crippen LogP contribution in [0.4, 0.5) is 21.8 Å². The first kappa shape index (κ1) is 17.7. The number of amides is 1. The van der Waals surface area contributed by atoms with Gasteiger partial charge >= 0.3 is 0 Å². The van der Waals surface area contributed by atoms with E-state index in [0.717, 1.165) is 36.9 Å². The van der Waals surface area contributed by atoms with Gasteiger partial charge < -0.3 is 16.4 Å². The molecule has 3 aliphatic rings. The van der Waals surface area contributed by atoms with Crippen molar-refractivity contribution in [1.29, 1.82) is 0 Å². The Morgan fingerprint density at radius 3 is 3.07 bits per heavy atom. The van der Waals surface area contributed by atoms with Crippen LogP contribution in [0.1, 0.15) is 18.4 Å². The number of hydrogen-bond acceptors (Lipinski definition) is 6. The number of aromatic nitrogens is 2. The lowest BCUT2D eigenvalue weighted by Crippen LogP contribution is -2.46. The summed E-state index contributed by atoms with van der Waals surface area (Å²) in [6.07, 6.45) is 4.09. The smallest absolute Gasteiger partial charge is 0.229 e. The maximum Gasteiger partial charge on any atom is 0.229 e. The molecule has 1 amide bonds. The predicted molar refractivity (Wildman–Crippen MR) is 108 cm³/mol. The molecule has 2 heterocycles. The molecular weight excluding hydrogens is 377 g/mol. The molecule has 146 valence electrons. The number of fused-ring (bicyclic) bond motifs is 5. The molecule has 0 spiro atoms. The highest BCUT2D eigenvalue weighted by molar-refractivity contribution is 7.99. The van der Waals surface area contributed by atoms with Crippen molar-refractivity contribution >= 4 is 35.1 Å². The molecule has 4 N–H and O–H groups in total. The van der Waals surface area contributed by atoms with E-state index in [1.807, 2.05) is 23.9 Å². The second-order valence-corrected chi connectivity index (χ2v) is 9.22. The van der Waals surface area contributed by atoms with E-state index in [1.165, 1.54) is 5.56 Å². The fourth-order valence-electron chi connectivity index (χ4n) is 5.05. The number of anilines is 3. The Morgan fingerprint density at radius 2 is 2.21 bits per heavy atom. The van der Waals surface area contributed by atoms with Crippen molar-refractivity contribution in [2.24, 2.45) is 23.5 Å². The number of aryl methyl sites for hydroxylation is 1. The van der Waals surface area contributed by atoms with Crippen LogP contribution in [0.15, 0.2) is 30.5 Å². The summed E-state index contributed by atoms with van der Waals surface area (Å²) in [5, 5.41) is 6.82. The molecule has 0 radical (unpaired) electrons. The van der Waals surface area contributed by atoms with Gasteiger partial charge in [-0.15, -0.1) is 0 Å². The Kier molecular flexibility index (Phi) is 4.38. The third kappa shape index (κ3) is 3.09. The van der Waals surface area contributed by atoms with Crippen LogP contribution in [0.25, 0.3) is 0 Å². The van der Waals surface area contributed by atoms with Gasteiger partial charge in [-0.3, -0.25) is 4.79 Å². The Balaban J connectivity index is 1.54. The highest BCUT2D eigenvalue weighted by Gasteiger charge is 2.55. The van der Waals surface area contributed by atoms with E-state index in [4.69, 9.17) is 5.73 Å². The average Bonchev–Trinajstić information content (AvgIpc) is 3.22. The zero-order valence-electron chi connectivity index (χ0n) is 15.3. The van der Waals surface area contributed by atoms with Crippen molar-refractivity contribution in [3.05, 3.63) is 41.8 Å². The van der Waals surface area contributed by atoms with E-state index in [1.54, 1.807) is 0 Å². The summed E-state index contributed by atoms with van der Waals surface area (Å²) >= 11 is 1.96. The highest BCUT2D eigenvalue weighted by atomic mass is 32.2. The van der Waals surface area contributed by atoms with E-state index >= 15 is 0 Å². The first-order valence-corrected chi connectivity index (χ1v) is 10.7. The first-order valence-electron chi connectivity index (χ1n) is 9.64. The van der Waals surface area contributed by atoms with Gasteiger partial charge in [0.25, 0.3) is 0 Å². The average molecular weight is 399 g/mol. The maximum absolute atomic E-state index is 14.4. The Labute approximate surface area is 166 Å². The maximum atomic E-state index is 14.4. The molecule has 6 nitrogen and oxygen atoms in total. The molecule has 1 aliphatic heterocycles. The molecule has 1 aromatic heterocycles. The molecule has 0 unspecified atom stereocenters. The number of hydrogen-bond donors (Lipinski definition) is 3. The summed E-state index contributed by atoms with van der Waals surface area (Å²) in [7, 11) is 0. The second kappa shape index (κ2) is 6.92. The highest BCUT2D eigenvalue weighted by Crippen LogP contribution is 2.53. The minimum Gasteiger partial charge on any atom is -0.369 e. The van der Waals surface area contributed by atoms with Crippen LogP contribution < -0.4 is 16.4 Å². The molecule has 0 saturated heterocycles. The van der Waals surface area contributed by atoms with Crippen LogP contribution in [-0.2, 0) is 11.2 Å². The zero-order chi connectivity index (χ0) is 19.3. The molecule has 5 rings (SSSR count). The number of primary amides is 1. The molecule has 8 heteroatoms. The van der Waals surface area contributed by atoms with Crippen LogP contribution in [0.5, 0.6) is 0 Å². The van der Waals surface area contributed by atoms with Crippen LogP contribution in [0, 0.1) is 23.6 Å². The van der Waals surface area contributed by atoms with Crippen LogP contribution in [0.3, 0.4) is 0 Å². The molecule has 2 aliphatic carbocycles. The lowest BCUT2D eigenvalue weighted by Gasteiger charge is -2.35. The monoisotopic (exact) mass is 399 g/mol. The number of carbonyl (C=O) groups is 1. The van der Waals surface area contributed by atoms with Crippen molar-refractivity contribution in [2.45, 2.75) is 30.6 Å². The van der Waals surface area contributed by atoms with Gasteiger partial charge in [-0.05, 0) is 54.5 Å². The number of thioether (sulfide) groups is 1. The fourth-order valence-corrected chi connectivity index (χ4v) is 6.61. The molecular formula is C20H22FN5OS. The van der Waals surface area contributed by atoms with Gasteiger partial charge in [-0.2, -0.15) is 16.7 Å². The molecule has 5 atom stereocenters. The minimum absolute atomic E-state index is 0.123. The Hall–Kier alpha value is -2.35. The van der Waals surface area contributed by atoms with Crippen molar-refractivity contribution in [2.75, 3.05) is 16.4 Å². The van der Waals surface area contributed by atoms with Gasteiger partial charge in [0.15, 0.2) is 11.6 Å². The summed E-state index contributed by atoms with van der Waals surface area (Å²) in [4.78, 5) is 20.5. The lowest BCUT2D eigenvalue weighted by atomic mass is 9.83. The summed E-state index contributed by atoms with van der Waals surface area (Å²) < 4.78 is 14.4. The molecule has 2 fully saturated rings. The van der Waals surface area contributed by atoms with E-state index in [9.17, 15) is 9.18 Å². The van der Waals surface area contributed by atoms with Crippen molar-refractivity contribution in [1.82, 2.24) is 9.97 Å². The van der Waals surface area contributed by atoms with Gasteiger partial charge in [0.05, 0.1) is 12.1 Å². The van der Waals surface area contributed by atoms with Gasteiger partial charge in [0, 0.05) is 17.0 Å². The van der Waals surface area contributed by atoms with E-state index < -0.39 is 5.82 Å². The SMILES string of the molecule is NC(=O)[C@H]1[C@@H]2C[C@H]3[C@H]1Nc1nc(ncc1F)Nc1cccc(c1)CCS[C@@H]3C2. The molecule has 2 saturated carbocycles. The van der Waals surface area contributed by atoms with Crippen LogP contribution in [-0.4, -0.2) is 32.9 Å². The van der Waals surface area contributed by atoms with Gasteiger partial charge in [0.1, 0.15) is 0 Å². The molecule has 1 aromatic carbocycles. The summed E-state index contributed by atoms with van der Waals surface area (Å²) in [6.45, 7) is 0. The van der Waals surface area contributed by atoms with E-state index in [-0.39, 0.29) is 35.5 Å². The third-order valence-electron chi connectivity index (χ3n) is 6.23. The Bertz CT molecular complexity index is 925. The number of benzene rings is 1. The summed E-state index contributed by atoms with van der Waals surface area (Å²) in [5.41, 5.74) is 7.82. The number of nitrogens with one attached hydrogen (secondary N) is 2. The predicted octanol–water partition coefficient (Wildman–Crippen LogP) is 2.94. The number of carbonyl (C=O) groups excluding carboxylic acids is 1. The minimum atomic E-state index is -0.526. The van der Waals surface area contributed by atoms with E-state index in [0.29, 0.717) is 11.2 Å². The molecule has 6 bridgehead atoms. The lowest BCUT2D eigenvalue weighted by molar-refractivity contribution is -0.123. The Morgan fingerprint density at radius 1 is 1.32 bits per heavy atom. The normalized spacial score (nSPS) is 30.8. The third-order valence-corrected chi connectivity index (χ3v) is 7.64. The topological polar surface area (TPSA) is 92.9 Å². The molecule has 2 aromatic rings. The van der Waals surface area contributed by atoms with Crippen molar-refractivity contribution < 1.29 is 9.18 Å². The second-order valence-electron chi connectivity index (χ2n) is 7.87. The van der Waals surface area contributed by atoms with Crippen molar-refractivity contribution in [3.8, 4) is 0 Å². The van der Waals surface area contributed by atoms with Gasteiger partial charge in [-0.25, -0.2) is 9.37 Å². The zero-order valence-corrected chi connectivity index (χ0v) is 16.1. The fraction of sp³-hybridized carbons (Fsp3) is 0.450. The van der Waals surface area contributed by atoms with E-state index in [2.05, 4.69) is 32.7 Å². The number of halogens is 1. The molecule has 28 heavy (non-hydrogen) atoms. The number of nitrogens with zero attached hydrogens (tertiary/aromatic N) is 2. The summed E-state index contributed by atoms with van der Waals surface area (Å²) in [6, 6.07) is 7.95. The van der Waals surface area contributed by atoms with Crippen LogP contribution in [0.2, 0.25) is 0 Å². The quantitative estimate of drug-likeness (QED) is 0.683. The summed E-state index contributed by atoms with van der Waals surface area (Å²) in [5.74, 6) is 0.888. The van der Waals surface area contributed by atoms with Crippen molar-refractivity contribution in [3.63, 3.8) is 0 Å². The van der Waals surface area contributed by atoms with Gasteiger partial charge in [0.2, 0.25) is 11.9 Å². The van der Waals surface area contributed by atoms with Crippen LogP contribution >= 0.6 is 11.8 Å². The number of nitrogens with two attached hydrogens (primary N) is 1. The number of rotatable bonds is 1.